The van der Waals surface area contributed by atoms with Crippen LogP contribution in [0.5, 0.6) is 5.75 Å². The van der Waals surface area contributed by atoms with Crippen LogP contribution in [-0.2, 0) is 6.61 Å². The van der Waals surface area contributed by atoms with Crippen molar-refractivity contribution in [3.05, 3.63) is 69.5 Å². The summed E-state index contributed by atoms with van der Waals surface area (Å²) in [4.78, 5) is 10.3. The molecule has 2 aromatic carbocycles. The van der Waals surface area contributed by atoms with E-state index in [1.54, 1.807) is 31.2 Å². The number of benzene rings is 2. The molecule has 2 rings (SSSR count). The van der Waals surface area contributed by atoms with Crippen molar-refractivity contribution in [2.75, 3.05) is 0 Å². The van der Waals surface area contributed by atoms with Crippen LogP contribution >= 0.6 is 0 Å². The highest BCUT2D eigenvalue weighted by Gasteiger charge is 2.16. The van der Waals surface area contributed by atoms with Gasteiger partial charge >= 0.3 is 0 Å². The second-order valence-corrected chi connectivity index (χ2v) is 4.53. The van der Waals surface area contributed by atoms with Crippen LogP contribution in [0.4, 0.5) is 10.1 Å². The van der Waals surface area contributed by atoms with E-state index < -0.39 is 16.8 Å². The van der Waals surface area contributed by atoms with Crippen LogP contribution in [0.15, 0.2) is 42.5 Å². The van der Waals surface area contributed by atoms with Gasteiger partial charge in [0.2, 0.25) is 0 Å². The van der Waals surface area contributed by atoms with Crippen LogP contribution in [0.2, 0.25) is 0 Å². The van der Waals surface area contributed by atoms with Crippen LogP contribution < -0.4 is 4.74 Å². The number of nitro benzene ring substituents is 1. The molecule has 0 fully saturated rings. The Kier molecular flexibility index (Phi) is 4.49. The zero-order valence-corrected chi connectivity index (χ0v) is 11.3. The van der Waals surface area contributed by atoms with Gasteiger partial charge in [0.1, 0.15) is 18.2 Å². The molecule has 21 heavy (non-hydrogen) atoms. The molecule has 0 bridgehead atoms. The molecule has 110 valence electrons. The second-order valence-electron chi connectivity index (χ2n) is 4.53. The largest absolute Gasteiger partial charge is 0.488 e. The summed E-state index contributed by atoms with van der Waals surface area (Å²) in [7, 11) is 0. The van der Waals surface area contributed by atoms with Crippen molar-refractivity contribution in [2.24, 2.45) is 0 Å². The van der Waals surface area contributed by atoms with Crippen molar-refractivity contribution in [3.8, 4) is 5.75 Å². The minimum atomic E-state index is -0.733. The number of nitro groups is 1. The summed E-state index contributed by atoms with van der Waals surface area (Å²) in [5, 5.41) is 20.5. The third-order valence-electron chi connectivity index (χ3n) is 2.99. The van der Waals surface area contributed by atoms with Crippen molar-refractivity contribution in [2.45, 2.75) is 19.6 Å². The van der Waals surface area contributed by atoms with Gasteiger partial charge in [-0.05, 0) is 25.1 Å². The van der Waals surface area contributed by atoms with E-state index in [0.717, 1.165) is 18.2 Å². The Bertz CT molecular complexity index is 658. The van der Waals surface area contributed by atoms with Gasteiger partial charge in [0.05, 0.1) is 16.6 Å². The molecule has 0 radical (unpaired) electrons. The standard InChI is InChI=1S/C15H14FNO4/c1-10(18)13-4-2-3-5-15(13)21-9-11-8-12(16)6-7-14(11)17(19)20/h2-8,10,18H,9H2,1H3/t10-/m0/s1. The lowest BCUT2D eigenvalue weighted by molar-refractivity contribution is -0.385. The van der Waals surface area contributed by atoms with Gasteiger partial charge in [0, 0.05) is 11.6 Å². The Morgan fingerprint density at radius 3 is 2.71 bits per heavy atom. The first-order chi connectivity index (χ1) is 9.99. The van der Waals surface area contributed by atoms with E-state index in [1.165, 1.54) is 0 Å². The maximum atomic E-state index is 13.2. The highest BCUT2D eigenvalue weighted by molar-refractivity contribution is 5.41. The summed E-state index contributed by atoms with van der Waals surface area (Å²) in [6.07, 6.45) is -0.733. The molecule has 0 amide bonds. The summed E-state index contributed by atoms with van der Waals surface area (Å²) in [6, 6.07) is 10.0. The fourth-order valence-corrected chi connectivity index (χ4v) is 1.96. The molecule has 0 heterocycles. The molecule has 0 aromatic heterocycles. The lowest BCUT2D eigenvalue weighted by Crippen LogP contribution is -2.04. The monoisotopic (exact) mass is 291 g/mol. The van der Waals surface area contributed by atoms with Gasteiger partial charge in [-0.2, -0.15) is 0 Å². The summed E-state index contributed by atoms with van der Waals surface area (Å²) >= 11 is 0. The van der Waals surface area contributed by atoms with E-state index in [4.69, 9.17) is 4.74 Å². The normalized spacial score (nSPS) is 12.0. The molecule has 5 nitrogen and oxygen atoms in total. The summed E-state index contributed by atoms with van der Waals surface area (Å²) in [6.45, 7) is 1.44. The lowest BCUT2D eigenvalue weighted by atomic mass is 10.1. The first-order valence-corrected chi connectivity index (χ1v) is 6.31. The molecule has 0 aliphatic heterocycles. The fourth-order valence-electron chi connectivity index (χ4n) is 1.96. The SMILES string of the molecule is C[C@H](O)c1ccccc1OCc1cc(F)ccc1[N+](=O)[O-]. The minimum Gasteiger partial charge on any atom is -0.488 e. The zero-order chi connectivity index (χ0) is 15.4. The van der Waals surface area contributed by atoms with Gasteiger partial charge in [-0.3, -0.25) is 10.1 Å². The third-order valence-corrected chi connectivity index (χ3v) is 2.99. The lowest BCUT2D eigenvalue weighted by Gasteiger charge is -2.13. The number of aliphatic hydroxyl groups is 1. The van der Waals surface area contributed by atoms with Gasteiger partial charge in [-0.1, -0.05) is 18.2 Å². The number of rotatable bonds is 5. The van der Waals surface area contributed by atoms with Gasteiger partial charge in [0.25, 0.3) is 5.69 Å². The van der Waals surface area contributed by atoms with Crippen LogP contribution in [0.3, 0.4) is 0 Å². The molecular weight excluding hydrogens is 277 g/mol. The number of hydrogen-bond acceptors (Lipinski definition) is 4. The topological polar surface area (TPSA) is 72.6 Å². The molecule has 2 aromatic rings. The zero-order valence-electron chi connectivity index (χ0n) is 11.3. The van der Waals surface area contributed by atoms with Crippen molar-refractivity contribution < 1.29 is 19.2 Å². The number of para-hydroxylation sites is 1. The smallest absolute Gasteiger partial charge is 0.276 e. The van der Waals surface area contributed by atoms with E-state index >= 15 is 0 Å². The summed E-state index contributed by atoms with van der Waals surface area (Å²) in [5.41, 5.74) is 0.503. The number of ether oxygens (including phenoxy) is 1. The third kappa shape index (κ3) is 3.55. The Morgan fingerprint density at radius 2 is 2.05 bits per heavy atom. The van der Waals surface area contributed by atoms with Gasteiger partial charge in [-0.15, -0.1) is 0 Å². The molecule has 1 atom stereocenters. The maximum absolute atomic E-state index is 13.2. The molecule has 6 heteroatoms. The minimum absolute atomic E-state index is 0.139. The molecule has 0 aliphatic carbocycles. The van der Waals surface area contributed by atoms with Crippen molar-refractivity contribution in [1.29, 1.82) is 0 Å². The van der Waals surface area contributed by atoms with E-state index in [9.17, 15) is 19.6 Å². The van der Waals surface area contributed by atoms with Gasteiger partial charge < -0.3 is 9.84 Å². The maximum Gasteiger partial charge on any atom is 0.276 e. The highest BCUT2D eigenvalue weighted by atomic mass is 19.1. The molecule has 0 aliphatic rings. The summed E-state index contributed by atoms with van der Waals surface area (Å²) < 4.78 is 18.7. The van der Waals surface area contributed by atoms with E-state index in [0.29, 0.717) is 11.3 Å². The average molecular weight is 291 g/mol. The van der Waals surface area contributed by atoms with Crippen LogP contribution in [0, 0.1) is 15.9 Å². The number of nitrogens with zero attached hydrogens (tertiary/aromatic N) is 1. The van der Waals surface area contributed by atoms with Crippen LogP contribution in [0.1, 0.15) is 24.2 Å². The van der Waals surface area contributed by atoms with E-state index in [2.05, 4.69) is 0 Å². The number of hydrogen-bond donors (Lipinski definition) is 1. The molecule has 1 N–H and O–H groups in total. The molecule has 0 saturated heterocycles. The van der Waals surface area contributed by atoms with Gasteiger partial charge in [0.15, 0.2) is 0 Å². The van der Waals surface area contributed by atoms with Gasteiger partial charge in [-0.25, -0.2) is 4.39 Å². The first kappa shape index (κ1) is 14.9. The number of halogens is 1. The van der Waals surface area contributed by atoms with Crippen molar-refractivity contribution in [3.63, 3.8) is 0 Å². The molecule has 0 spiro atoms. The quantitative estimate of drug-likeness (QED) is 0.677. The van der Waals surface area contributed by atoms with Crippen molar-refractivity contribution in [1.82, 2.24) is 0 Å². The fraction of sp³-hybridized carbons (Fsp3) is 0.200. The Morgan fingerprint density at radius 1 is 1.33 bits per heavy atom. The Balaban J connectivity index is 2.25. The number of aliphatic hydroxyl groups excluding tert-OH is 1. The highest BCUT2D eigenvalue weighted by Crippen LogP contribution is 2.27. The van der Waals surface area contributed by atoms with Crippen molar-refractivity contribution >= 4 is 5.69 Å². The van der Waals surface area contributed by atoms with E-state index in [1.807, 2.05) is 0 Å². The average Bonchev–Trinajstić information content (AvgIpc) is 2.45. The molecular formula is C15H14FNO4. The molecule has 0 unspecified atom stereocenters. The molecule has 0 saturated carbocycles. The second kappa shape index (κ2) is 6.32. The first-order valence-electron chi connectivity index (χ1n) is 6.31. The van der Waals surface area contributed by atoms with Crippen LogP contribution in [-0.4, -0.2) is 10.0 Å². The van der Waals surface area contributed by atoms with Crippen LogP contribution in [0.25, 0.3) is 0 Å². The summed E-state index contributed by atoms with van der Waals surface area (Å²) in [5.74, 6) is -0.158. The Labute approximate surface area is 120 Å². The predicted octanol–water partition coefficient (Wildman–Crippen LogP) is 3.37. The Hall–Kier alpha value is -2.47. The van der Waals surface area contributed by atoms with E-state index in [-0.39, 0.29) is 17.9 Å². The predicted molar refractivity (Wildman–Crippen MR) is 74.5 cm³/mol.